The Morgan fingerprint density at radius 3 is 2.36 bits per heavy atom. The van der Waals surface area contributed by atoms with Crippen LogP contribution in [0.4, 0.5) is 5.69 Å². The molecular formula is C12H17NO. The van der Waals surface area contributed by atoms with Gasteiger partial charge in [0, 0.05) is 24.7 Å². The van der Waals surface area contributed by atoms with Gasteiger partial charge in [0.05, 0.1) is 0 Å². The zero-order chi connectivity index (χ0) is 10.6. The Bertz CT molecular complexity index is 292. The molecule has 0 aromatic heterocycles. The monoisotopic (exact) mass is 191 g/mol. The second-order valence-corrected chi connectivity index (χ2v) is 4.30. The lowest BCUT2D eigenvalue weighted by Gasteiger charge is -2.27. The highest BCUT2D eigenvalue weighted by Gasteiger charge is 2.18. The molecule has 0 aliphatic rings. The van der Waals surface area contributed by atoms with Crippen LogP contribution in [-0.2, 0) is 4.79 Å². The molecule has 0 spiro atoms. The number of hydrogen-bond donors (Lipinski definition) is 0. The minimum atomic E-state index is -0.287. The third kappa shape index (κ3) is 2.87. The predicted octanol–water partition coefficient (Wildman–Crippen LogP) is 2.35. The molecular weight excluding hydrogens is 174 g/mol. The van der Waals surface area contributed by atoms with Crippen molar-refractivity contribution in [3.63, 3.8) is 0 Å². The second-order valence-electron chi connectivity index (χ2n) is 4.30. The summed E-state index contributed by atoms with van der Waals surface area (Å²) >= 11 is 0. The number of benzene rings is 1. The van der Waals surface area contributed by atoms with Gasteiger partial charge < -0.3 is 9.69 Å². The Labute approximate surface area is 85.5 Å². The third-order valence-electron chi connectivity index (χ3n) is 2.16. The highest BCUT2D eigenvalue weighted by molar-refractivity contribution is 5.60. The van der Waals surface area contributed by atoms with Crippen LogP contribution in [0, 0.1) is 5.41 Å². The van der Waals surface area contributed by atoms with Gasteiger partial charge in [-0.25, -0.2) is 0 Å². The number of anilines is 1. The highest BCUT2D eigenvalue weighted by atomic mass is 16.1. The van der Waals surface area contributed by atoms with Crippen molar-refractivity contribution < 1.29 is 4.79 Å². The molecule has 0 atom stereocenters. The van der Waals surface area contributed by atoms with Crippen molar-refractivity contribution in [3.05, 3.63) is 30.3 Å². The van der Waals surface area contributed by atoms with E-state index < -0.39 is 0 Å². The SMILES string of the molecule is CN(CC(C)(C)C=O)c1ccccc1. The van der Waals surface area contributed by atoms with Gasteiger partial charge in [-0.1, -0.05) is 32.0 Å². The number of aldehydes is 1. The Morgan fingerprint density at radius 1 is 1.29 bits per heavy atom. The van der Waals surface area contributed by atoms with E-state index in [1.807, 2.05) is 51.2 Å². The van der Waals surface area contributed by atoms with Crippen LogP contribution in [-0.4, -0.2) is 19.9 Å². The molecule has 0 radical (unpaired) electrons. The third-order valence-corrected chi connectivity index (χ3v) is 2.16. The second kappa shape index (κ2) is 4.27. The normalized spacial score (nSPS) is 11.1. The number of hydrogen-bond acceptors (Lipinski definition) is 2. The first-order valence-electron chi connectivity index (χ1n) is 4.78. The fourth-order valence-corrected chi connectivity index (χ4v) is 1.42. The first-order chi connectivity index (χ1) is 6.55. The smallest absolute Gasteiger partial charge is 0.127 e. The molecule has 0 unspecified atom stereocenters. The molecule has 14 heavy (non-hydrogen) atoms. The lowest BCUT2D eigenvalue weighted by atomic mass is 9.95. The minimum Gasteiger partial charge on any atom is -0.374 e. The van der Waals surface area contributed by atoms with E-state index in [0.717, 1.165) is 18.5 Å². The van der Waals surface area contributed by atoms with Crippen LogP contribution < -0.4 is 4.90 Å². The van der Waals surface area contributed by atoms with Gasteiger partial charge >= 0.3 is 0 Å². The number of para-hydroxylation sites is 1. The summed E-state index contributed by atoms with van der Waals surface area (Å²) in [5.41, 5.74) is 0.854. The van der Waals surface area contributed by atoms with E-state index in [1.165, 1.54) is 0 Å². The summed E-state index contributed by atoms with van der Waals surface area (Å²) in [7, 11) is 2.00. The predicted molar refractivity (Wildman–Crippen MR) is 59.6 cm³/mol. The summed E-state index contributed by atoms with van der Waals surface area (Å²) < 4.78 is 0. The lowest BCUT2D eigenvalue weighted by molar-refractivity contribution is -0.114. The first-order valence-corrected chi connectivity index (χ1v) is 4.78. The maximum atomic E-state index is 10.8. The molecule has 1 rings (SSSR count). The first kappa shape index (κ1) is 10.8. The molecule has 1 aromatic carbocycles. The summed E-state index contributed by atoms with van der Waals surface area (Å²) in [5.74, 6) is 0. The Balaban J connectivity index is 2.68. The van der Waals surface area contributed by atoms with Crippen molar-refractivity contribution in [2.45, 2.75) is 13.8 Å². The minimum absolute atomic E-state index is 0.287. The zero-order valence-corrected chi connectivity index (χ0v) is 9.03. The molecule has 2 heteroatoms. The van der Waals surface area contributed by atoms with Gasteiger partial charge in [-0.2, -0.15) is 0 Å². The largest absolute Gasteiger partial charge is 0.374 e. The van der Waals surface area contributed by atoms with Gasteiger partial charge in [-0.15, -0.1) is 0 Å². The van der Waals surface area contributed by atoms with Gasteiger partial charge in [-0.05, 0) is 12.1 Å². The number of carbonyl (C=O) groups is 1. The maximum absolute atomic E-state index is 10.8. The van der Waals surface area contributed by atoms with Crippen LogP contribution in [0.3, 0.4) is 0 Å². The van der Waals surface area contributed by atoms with E-state index in [0.29, 0.717) is 0 Å². The molecule has 0 saturated heterocycles. The van der Waals surface area contributed by atoms with Crippen LogP contribution in [0.5, 0.6) is 0 Å². The zero-order valence-electron chi connectivity index (χ0n) is 9.03. The van der Waals surface area contributed by atoms with E-state index in [4.69, 9.17) is 0 Å². The lowest BCUT2D eigenvalue weighted by Crippen LogP contribution is -2.32. The molecule has 0 amide bonds. The van der Waals surface area contributed by atoms with Gasteiger partial charge in [0.15, 0.2) is 0 Å². The Kier molecular flexibility index (Phi) is 3.28. The van der Waals surface area contributed by atoms with Crippen molar-refractivity contribution in [2.75, 3.05) is 18.5 Å². The average Bonchev–Trinajstić information content (AvgIpc) is 2.19. The molecule has 1 aromatic rings. The molecule has 0 N–H and O–H groups in total. The highest BCUT2D eigenvalue weighted by Crippen LogP contribution is 2.18. The van der Waals surface area contributed by atoms with Crippen molar-refractivity contribution >= 4 is 12.0 Å². The summed E-state index contributed by atoms with van der Waals surface area (Å²) in [4.78, 5) is 12.9. The molecule has 0 fully saturated rings. The fraction of sp³-hybridized carbons (Fsp3) is 0.417. The van der Waals surface area contributed by atoms with Gasteiger partial charge in [0.2, 0.25) is 0 Å². The standard InChI is InChI=1S/C12H17NO/c1-12(2,10-14)9-13(3)11-7-5-4-6-8-11/h4-8,10H,9H2,1-3H3. The molecule has 2 nitrogen and oxygen atoms in total. The van der Waals surface area contributed by atoms with Crippen molar-refractivity contribution in [1.82, 2.24) is 0 Å². The van der Waals surface area contributed by atoms with E-state index in [1.54, 1.807) is 0 Å². The summed E-state index contributed by atoms with van der Waals surface area (Å²) in [6.45, 7) is 4.62. The van der Waals surface area contributed by atoms with Crippen molar-refractivity contribution in [2.24, 2.45) is 5.41 Å². The van der Waals surface area contributed by atoms with Crippen molar-refractivity contribution in [3.8, 4) is 0 Å². The van der Waals surface area contributed by atoms with E-state index >= 15 is 0 Å². The summed E-state index contributed by atoms with van der Waals surface area (Å²) in [6, 6.07) is 10.1. The molecule has 0 aliphatic heterocycles. The van der Waals surface area contributed by atoms with Gasteiger partial charge in [0.1, 0.15) is 6.29 Å². The number of rotatable bonds is 4. The van der Waals surface area contributed by atoms with Gasteiger partial charge in [0.25, 0.3) is 0 Å². The quantitative estimate of drug-likeness (QED) is 0.681. The Hall–Kier alpha value is -1.31. The fourth-order valence-electron chi connectivity index (χ4n) is 1.42. The molecule has 0 saturated carbocycles. The van der Waals surface area contributed by atoms with Crippen LogP contribution in [0.15, 0.2) is 30.3 Å². The molecule has 0 heterocycles. The topological polar surface area (TPSA) is 20.3 Å². The summed E-state index contributed by atoms with van der Waals surface area (Å²) in [5, 5.41) is 0. The number of nitrogens with zero attached hydrogens (tertiary/aromatic N) is 1. The van der Waals surface area contributed by atoms with Crippen LogP contribution >= 0.6 is 0 Å². The van der Waals surface area contributed by atoms with E-state index in [2.05, 4.69) is 4.90 Å². The molecule has 76 valence electrons. The van der Waals surface area contributed by atoms with E-state index in [9.17, 15) is 4.79 Å². The molecule has 0 bridgehead atoms. The van der Waals surface area contributed by atoms with E-state index in [-0.39, 0.29) is 5.41 Å². The van der Waals surface area contributed by atoms with Gasteiger partial charge in [-0.3, -0.25) is 0 Å². The van der Waals surface area contributed by atoms with Crippen LogP contribution in [0.25, 0.3) is 0 Å². The average molecular weight is 191 g/mol. The number of carbonyl (C=O) groups excluding carboxylic acids is 1. The molecule has 0 aliphatic carbocycles. The van der Waals surface area contributed by atoms with Crippen LogP contribution in [0.1, 0.15) is 13.8 Å². The maximum Gasteiger partial charge on any atom is 0.127 e. The van der Waals surface area contributed by atoms with Crippen molar-refractivity contribution in [1.29, 1.82) is 0 Å². The Morgan fingerprint density at radius 2 is 1.86 bits per heavy atom. The van der Waals surface area contributed by atoms with Crippen LogP contribution in [0.2, 0.25) is 0 Å². The summed E-state index contributed by atoms with van der Waals surface area (Å²) in [6.07, 6.45) is 1.01.